The van der Waals surface area contributed by atoms with E-state index in [1.54, 1.807) is 0 Å². The highest BCUT2D eigenvalue weighted by Crippen LogP contribution is 2.34. The van der Waals surface area contributed by atoms with Crippen LogP contribution in [-0.2, 0) is 6.42 Å². The van der Waals surface area contributed by atoms with Gasteiger partial charge < -0.3 is 39.7 Å². The lowest BCUT2D eigenvalue weighted by Gasteiger charge is -2.19. The van der Waals surface area contributed by atoms with Gasteiger partial charge >= 0.3 is 0 Å². The number of Topliss-reactive ketones (excluding diaryl/α,β-unsaturated/α-hetero) is 3. The van der Waals surface area contributed by atoms with E-state index in [0.29, 0.717) is 0 Å². The van der Waals surface area contributed by atoms with Crippen molar-refractivity contribution in [1.82, 2.24) is 0 Å². The second-order valence-corrected chi connectivity index (χ2v) is 9.36. The summed E-state index contributed by atoms with van der Waals surface area (Å²) in [7, 11) is 0. The van der Waals surface area contributed by atoms with Gasteiger partial charge in [0.2, 0.25) is 0 Å². The first kappa shape index (κ1) is 30.9. The normalized spacial score (nSPS) is 12.3. The molecule has 5 N–H and O–H groups in total. The maximum absolute atomic E-state index is 12.3. The molecule has 0 saturated heterocycles. The van der Waals surface area contributed by atoms with E-state index in [4.69, 9.17) is 14.2 Å². The highest BCUT2D eigenvalue weighted by atomic mass is 16.5. The summed E-state index contributed by atoms with van der Waals surface area (Å²) < 4.78 is 16.6. The zero-order valence-corrected chi connectivity index (χ0v) is 22.8. The summed E-state index contributed by atoms with van der Waals surface area (Å²) in [6.45, 7) is 2.88. The summed E-state index contributed by atoms with van der Waals surface area (Å²) in [4.78, 5) is 36.0. The van der Waals surface area contributed by atoms with Crippen LogP contribution < -0.4 is 14.2 Å². The molecule has 2 unspecified atom stereocenters. The van der Waals surface area contributed by atoms with Crippen molar-refractivity contribution in [2.45, 2.75) is 39.4 Å². The van der Waals surface area contributed by atoms with E-state index in [2.05, 4.69) is 0 Å². The molecular formula is C30H32O11. The number of carbonyl (C=O) groups excluding carboxylic acids is 3. The number of phenols is 3. The Morgan fingerprint density at radius 3 is 1.46 bits per heavy atom. The predicted molar refractivity (Wildman–Crippen MR) is 147 cm³/mol. The quantitative estimate of drug-likeness (QED) is 0.180. The summed E-state index contributed by atoms with van der Waals surface area (Å²) in [6.07, 6.45) is -2.46. The summed E-state index contributed by atoms with van der Waals surface area (Å²) in [5, 5.41) is 51.4. The largest absolute Gasteiger partial charge is 0.507 e. The van der Waals surface area contributed by atoms with Crippen LogP contribution in [0.25, 0.3) is 0 Å². The zero-order valence-electron chi connectivity index (χ0n) is 22.8. The van der Waals surface area contributed by atoms with Crippen molar-refractivity contribution in [3.05, 3.63) is 70.8 Å². The monoisotopic (exact) mass is 568 g/mol. The number of phenolic OH excluding ortho intramolecular Hbond substituents is 3. The minimum Gasteiger partial charge on any atom is -0.507 e. The average molecular weight is 569 g/mol. The molecule has 0 aromatic heterocycles. The van der Waals surface area contributed by atoms with Crippen molar-refractivity contribution >= 4 is 17.3 Å². The first-order chi connectivity index (χ1) is 19.4. The average Bonchev–Trinajstić information content (AvgIpc) is 2.90. The Labute approximate surface area is 236 Å². The van der Waals surface area contributed by atoms with Crippen molar-refractivity contribution < 1.29 is 54.1 Å². The number of ether oxygens (including phenoxy) is 3. The summed E-state index contributed by atoms with van der Waals surface area (Å²) >= 11 is 0. The Morgan fingerprint density at radius 1 is 0.610 bits per heavy atom. The van der Waals surface area contributed by atoms with Crippen LogP contribution in [0.1, 0.15) is 57.4 Å². The molecule has 218 valence electrons. The van der Waals surface area contributed by atoms with Crippen LogP contribution in [0.3, 0.4) is 0 Å². The molecule has 3 aromatic rings. The van der Waals surface area contributed by atoms with E-state index < -0.39 is 35.3 Å². The van der Waals surface area contributed by atoms with E-state index in [1.807, 2.05) is 0 Å². The lowest BCUT2D eigenvalue weighted by Crippen LogP contribution is -2.26. The van der Waals surface area contributed by atoms with Gasteiger partial charge in [-0.2, -0.15) is 0 Å². The molecule has 0 radical (unpaired) electrons. The van der Waals surface area contributed by atoms with Crippen LogP contribution in [0.2, 0.25) is 0 Å². The van der Waals surface area contributed by atoms with Gasteiger partial charge in [-0.3, -0.25) is 14.4 Å². The molecule has 0 aliphatic heterocycles. The Bertz CT molecular complexity index is 1430. The molecule has 0 aliphatic rings. The standard InChI is InChI=1S/C30H32O11/c1-16(31)27-22(36)6-4-8-24(27)39-13-20(34)12-19-10-11-26(29(18(3)33)30(19)38)41-15-21(35)14-40-25-9-5-7-23(37)28(25)17(2)32/h4-11,20-21,34-38H,12-15H2,1-3H3. The molecule has 3 aromatic carbocycles. The molecular weight excluding hydrogens is 536 g/mol. The molecule has 0 saturated carbocycles. The number of aliphatic hydroxyl groups excluding tert-OH is 2. The highest BCUT2D eigenvalue weighted by molar-refractivity contribution is 6.00. The lowest BCUT2D eigenvalue weighted by molar-refractivity contribution is 0.0612. The van der Waals surface area contributed by atoms with Gasteiger partial charge in [-0.05, 0) is 56.7 Å². The molecule has 3 rings (SSSR count). The number of rotatable bonds is 14. The Hall–Kier alpha value is -4.61. The number of aliphatic hydroxyl groups is 2. The third kappa shape index (κ3) is 7.74. The van der Waals surface area contributed by atoms with Gasteiger partial charge in [0.15, 0.2) is 17.3 Å². The van der Waals surface area contributed by atoms with Crippen LogP contribution in [0, 0.1) is 0 Å². The molecule has 11 nitrogen and oxygen atoms in total. The first-order valence-electron chi connectivity index (χ1n) is 12.7. The van der Waals surface area contributed by atoms with Crippen molar-refractivity contribution in [3.63, 3.8) is 0 Å². The van der Waals surface area contributed by atoms with Crippen molar-refractivity contribution in [2.75, 3.05) is 19.8 Å². The fourth-order valence-corrected chi connectivity index (χ4v) is 4.15. The van der Waals surface area contributed by atoms with Gasteiger partial charge in [0.25, 0.3) is 0 Å². The van der Waals surface area contributed by atoms with Crippen LogP contribution in [-0.4, -0.2) is 74.9 Å². The summed E-state index contributed by atoms with van der Waals surface area (Å²) in [5.41, 5.74) is 0.0406. The van der Waals surface area contributed by atoms with Crippen molar-refractivity contribution in [1.29, 1.82) is 0 Å². The third-order valence-electron chi connectivity index (χ3n) is 6.04. The van der Waals surface area contributed by atoms with Crippen LogP contribution in [0.4, 0.5) is 0 Å². The molecule has 41 heavy (non-hydrogen) atoms. The highest BCUT2D eigenvalue weighted by Gasteiger charge is 2.22. The number of hydrogen-bond acceptors (Lipinski definition) is 11. The van der Waals surface area contributed by atoms with Crippen LogP contribution in [0.15, 0.2) is 48.5 Å². The van der Waals surface area contributed by atoms with Gasteiger partial charge in [-0.1, -0.05) is 18.2 Å². The summed E-state index contributed by atoms with van der Waals surface area (Å²) in [5.74, 6) is -2.08. The van der Waals surface area contributed by atoms with Crippen molar-refractivity contribution in [2.24, 2.45) is 0 Å². The number of benzene rings is 3. The maximum Gasteiger partial charge on any atom is 0.167 e. The minimum atomic E-state index is -1.20. The first-order valence-corrected chi connectivity index (χ1v) is 12.7. The number of carbonyl (C=O) groups is 3. The zero-order chi connectivity index (χ0) is 30.3. The van der Waals surface area contributed by atoms with Gasteiger partial charge in [0.1, 0.15) is 77.1 Å². The molecule has 0 aliphatic carbocycles. The Kier molecular flexibility index (Phi) is 10.3. The lowest BCUT2D eigenvalue weighted by atomic mass is 10.0. The third-order valence-corrected chi connectivity index (χ3v) is 6.04. The maximum atomic E-state index is 12.3. The van der Waals surface area contributed by atoms with Gasteiger partial charge in [-0.15, -0.1) is 0 Å². The number of ketones is 3. The van der Waals surface area contributed by atoms with E-state index in [0.717, 1.165) is 0 Å². The van der Waals surface area contributed by atoms with Gasteiger partial charge in [0.05, 0.1) is 6.10 Å². The molecule has 0 bridgehead atoms. The second kappa shape index (κ2) is 13.6. The van der Waals surface area contributed by atoms with Crippen LogP contribution in [0.5, 0.6) is 34.5 Å². The fraction of sp³-hybridized carbons (Fsp3) is 0.300. The molecule has 11 heteroatoms. The topological polar surface area (TPSA) is 180 Å². The molecule has 0 fully saturated rings. The number of aromatic hydroxyl groups is 3. The van der Waals surface area contributed by atoms with E-state index in [1.165, 1.54) is 69.3 Å². The van der Waals surface area contributed by atoms with Gasteiger partial charge in [-0.25, -0.2) is 0 Å². The van der Waals surface area contributed by atoms with Crippen molar-refractivity contribution in [3.8, 4) is 34.5 Å². The molecule has 0 amide bonds. The minimum absolute atomic E-state index is 0.00354. The summed E-state index contributed by atoms with van der Waals surface area (Å²) in [6, 6.07) is 11.5. The van der Waals surface area contributed by atoms with E-state index in [9.17, 15) is 39.9 Å². The molecule has 0 spiro atoms. The molecule has 0 heterocycles. The SMILES string of the molecule is CC(=O)c1c(O)cccc1OCC(O)COc1ccc(CC(O)COc2cccc(O)c2C(C)=O)c(O)c1C(C)=O. The van der Waals surface area contributed by atoms with Crippen LogP contribution >= 0.6 is 0 Å². The van der Waals surface area contributed by atoms with Gasteiger partial charge in [0, 0.05) is 6.42 Å². The Morgan fingerprint density at radius 2 is 1.02 bits per heavy atom. The predicted octanol–water partition coefficient (Wildman–Crippen LogP) is 3.21. The fourth-order valence-electron chi connectivity index (χ4n) is 4.15. The Balaban J connectivity index is 1.64. The van der Waals surface area contributed by atoms with E-state index >= 15 is 0 Å². The molecule has 2 atom stereocenters. The van der Waals surface area contributed by atoms with E-state index in [-0.39, 0.29) is 77.2 Å². The smallest absolute Gasteiger partial charge is 0.167 e. The number of hydrogen-bond donors (Lipinski definition) is 5. The second-order valence-electron chi connectivity index (χ2n) is 9.36.